The first-order valence-corrected chi connectivity index (χ1v) is 7.16. The lowest BCUT2D eigenvalue weighted by Crippen LogP contribution is -2.22. The van der Waals surface area contributed by atoms with Gasteiger partial charge in [0, 0.05) is 23.6 Å². The van der Waals surface area contributed by atoms with Crippen molar-refractivity contribution in [2.45, 2.75) is 13.5 Å². The lowest BCUT2D eigenvalue weighted by atomic mass is 10.1. The molecule has 4 nitrogen and oxygen atoms in total. The van der Waals surface area contributed by atoms with Crippen LogP contribution in [0.5, 0.6) is 5.75 Å². The fourth-order valence-corrected chi connectivity index (χ4v) is 2.40. The molecule has 0 aliphatic heterocycles. The molecule has 0 aliphatic carbocycles. The van der Waals surface area contributed by atoms with E-state index in [0.29, 0.717) is 12.1 Å². The van der Waals surface area contributed by atoms with Gasteiger partial charge in [-0.2, -0.15) is 0 Å². The zero-order valence-electron chi connectivity index (χ0n) is 12.6. The third-order valence-electron chi connectivity index (χ3n) is 3.71. The number of amides is 1. The monoisotopic (exact) mass is 294 g/mol. The lowest BCUT2D eigenvalue weighted by Gasteiger charge is -2.06. The lowest BCUT2D eigenvalue weighted by molar-refractivity contribution is 0.0952. The number of rotatable bonds is 4. The molecule has 0 atom stereocenters. The van der Waals surface area contributed by atoms with Crippen LogP contribution >= 0.6 is 0 Å². The zero-order chi connectivity index (χ0) is 15.5. The van der Waals surface area contributed by atoms with Crippen LogP contribution in [0.1, 0.15) is 21.5 Å². The molecule has 112 valence electrons. The number of carbonyl (C=O) groups is 1. The van der Waals surface area contributed by atoms with Gasteiger partial charge in [0.25, 0.3) is 5.91 Å². The summed E-state index contributed by atoms with van der Waals surface area (Å²) in [6, 6.07) is 13.8. The number of aromatic amines is 1. The molecule has 1 heterocycles. The highest BCUT2D eigenvalue weighted by atomic mass is 16.5. The third kappa shape index (κ3) is 2.81. The van der Waals surface area contributed by atoms with Crippen LogP contribution in [0, 0.1) is 6.92 Å². The van der Waals surface area contributed by atoms with E-state index in [1.165, 1.54) is 5.56 Å². The summed E-state index contributed by atoms with van der Waals surface area (Å²) in [4.78, 5) is 15.5. The normalized spacial score (nSPS) is 10.6. The largest absolute Gasteiger partial charge is 0.497 e. The van der Waals surface area contributed by atoms with Crippen LogP contribution < -0.4 is 10.1 Å². The van der Waals surface area contributed by atoms with Crippen LogP contribution in [0.4, 0.5) is 0 Å². The number of H-pyrrole nitrogens is 1. The molecule has 22 heavy (non-hydrogen) atoms. The Morgan fingerprint density at radius 2 is 1.95 bits per heavy atom. The summed E-state index contributed by atoms with van der Waals surface area (Å²) in [5, 5.41) is 3.81. The molecular weight excluding hydrogens is 276 g/mol. The van der Waals surface area contributed by atoms with Gasteiger partial charge in [-0.05, 0) is 30.7 Å². The van der Waals surface area contributed by atoms with Crippen molar-refractivity contribution in [3.05, 3.63) is 65.4 Å². The molecule has 2 aromatic carbocycles. The summed E-state index contributed by atoms with van der Waals surface area (Å²) in [6.45, 7) is 2.55. The predicted molar refractivity (Wildman–Crippen MR) is 87.2 cm³/mol. The van der Waals surface area contributed by atoms with E-state index in [4.69, 9.17) is 4.74 Å². The Hall–Kier alpha value is -2.75. The van der Waals surface area contributed by atoms with Crippen LogP contribution in [0.2, 0.25) is 0 Å². The van der Waals surface area contributed by atoms with E-state index < -0.39 is 0 Å². The van der Waals surface area contributed by atoms with E-state index in [9.17, 15) is 4.79 Å². The summed E-state index contributed by atoms with van der Waals surface area (Å²) in [5.74, 6) is 0.639. The molecule has 1 amide bonds. The van der Waals surface area contributed by atoms with Crippen molar-refractivity contribution < 1.29 is 9.53 Å². The van der Waals surface area contributed by atoms with E-state index in [-0.39, 0.29) is 5.91 Å². The van der Waals surface area contributed by atoms with Crippen molar-refractivity contribution in [1.29, 1.82) is 0 Å². The van der Waals surface area contributed by atoms with Crippen molar-refractivity contribution in [2.75, 3.05) is 7.11 Å². The molecule has 0 bridgehead atoms. The van der Waals surface area contributed by atoms with Crippen LogP contribution in [0.3, 0.4) is 0 Å². The molecule has 0 radical (unpaired) electrons. The summed E-state index contributed by atoms with van der Waals surface area (Å²) in [5.41, 5.74) is 3.83. The Morgan fingerprint density at radius 3 is 2.68 bits per heavy atom. The van der Waals surface area contributed by atoms with Crippen LogP contribution in [0.25, 0.3) is 10.9 Å². The van der Waals surface area contributed by atoms with E-state index in [0.717, 1.165) is 22.2 Å². The molecule has 3 aromatic rings. The second-order valence-corrected chi connectivity index (χ2v) is 5.28. The molecule has 2 N–H and O–H groups in total. The van der Waals surface area contributed by atoms with Crippen LogP contribution in [-0.2, 0) is 6.54 Å². The van der Waals surface area contributed by atoms with E-state index in [1.807, 2.05) is 49.4 Å². The molecule has 0 saturated carbocycles. The highest BCUT2D eigenvalue weighted by Crippen LogP contribution is 2.23. The highest BCUT2D eigenvalue weighted by Gasteiger charge is 2.12. The SMILES string of the molecule is COc1ccc2[nH]cc(C(=O)NCc3ccc(C)cc3)c2c1. The van der Waals surface area contributed by atoms with Gasteiger partial charge in [0.2, 0.25) is 0 Å². The summed E-state index contributed by atoms with van der Waals surface area (Å²) in [6.07, 6.45) is 1.73. The third-order valence-corrected chi connectivity index (χ3v) is 3.71. The first kappa shape index (κ1) is 14.2. The van der Waals surface area contributed by atoms with E-state index in [1.54, 1.807) is 13.3 Å². The van der Waals surface area contributed by atoms with Gasteiger partial charge in [0.15, 0.2) is 0 Å². The van der Waals surface area contributed by atoms with Gasteiger partial charge in [-0.25, -0.2) is 0 Å². The summed E-state index contributed by atoms with van der Waals surface area (Å²) in [7, 11) is 1.62. The van der Waals surface area contributed by atoms with Gasteiger partial charge < -0.3 is 15.0 Å². The highest BCUT2D eigenvalue weighted by molar-refractivity contribution is 6.07. The fourth-order valence-electron chi connectivity index (χ4n) is 2.40. The number of nitrogens with one attached hydrogen (secondary N) is 2. The van der Waals surface area contributed by atoms with E-state index >= 15 is 0 Å². The number of ether oxygens (including phenoxy) is 1. The average molecular weight is 294 g/mol. The second kappa shape index (κ2) is 5.93. The smallest absolute Gasteiger partial charge is 0.253 e. The van der Waals surface area contributed by atoms with Gasteiger partial charge in [0.05, 0.1) is 12.7 Å². The molecule has 0 unspecified atom stereocenters. The minimum absolute atomic E-state index is 0.0971. The standard InChI is InChI=1S/C18H18N2O2/c1-12-3-5-13(6-4-12)10-20-18(21)16-11-19-17-8-7-14(22-2)9-15(16)17/h3-9,11,19H,10H2,1-2H3,(H,20,21). The Kier molecular flexibility index (Phi) is 3.83. The zero-order valence-corrected chi connectivity index (χ0v) is 12.6. The average Bonchev–Trinajstić information content (AvgIpc) is 2.97. The summed E-state index contributed by atoms with van der Waals surface area (Å²) >= 11 is 0. The van der Waals surface area contributed by atoms with Gasteiger partial charge >= 0.3 is 0 Å². The number of carbonyl (C=O) groups excluding carboxylic acids is 1. The number of methoxy groups -OCH3 is 1. The molecule has 0 aliphatic rings. The molecule has 3 rings (SSSR count). The number of benzene rings is 2. The number of hydrogen-bond donors (Lipinski definition) is 2. The Balaban J connectivity index is 1.78. The maximum absolute atomic E-state index is 12.4. The van der Waals surface area contributed by atoms with Crippen LogP contribution in [-0.4, -0.2) is 18.0 Å². The molecule has 0 spiro atoms. The maximum atomic E-state index is 12.4. The Labute approximate surface area is 129 Å². The Morgan fingerprint density at radius 1 is 1.18 bits per heavy atom. The van der Waals surface area contributed by atoms with Crippen molar-refractivity contribution in [3.8, 4) is 5.75 Å². The number of fused-ring (bicyclic) bond motifs is 1. The summed E-state index contributed by atoms with van der Waals surface area (Å²) < 4.78 is 5.22. The van der Waals surface area contributed by atoms with Crippen molar-refractivity contribution in [1.82, 2.24) is 10.3 Å². The van der Waals surface area contributed by atoms with E-state index in [2.05, 4.69) is 10.3 Å². The minimum atomic E-state index is -0.0971. The van der Waals surface area contributed by atoms with Gasteiger partial charge in [0.1, 0.15) is 5.75 Å². The first-order chi connectivity index (χ1) is 10.7. The molecule has 0 fully saturated rings. The first-order valence-electron chi connectivity index (χ1n) is 7.16. The second-order valence-electron chi connectivity index (χ2n) is 5.28. The van der Waals surface area contributed by atoms with Crippen molar-refractivity contribution >= 4 is 16.8 Å². The van der Waals surface area contributed by atoms with Gasteiger partial charge in [-0.1, -0.05) is 29.8 Å². The molecular formula is C18H18N2O2. The number of aromatic nitrogens is 1. The van der Waals surface area contributed by atoms with Gasteiger partial charge in [-0.3, -0.25) is 4.79 Å². The van der Waals surface area contributed by atoms with Crippen molar-refractivity contribution in [2.24, 2.45) is 0 Å². The quantitative estimate of drug-likeness (QED) is 0.774. The fraction of sp³-hybridized carbons (Fsp3) is 0.167. The predicted octanol–water partition coefficient (Wildman–Crippen LogP) is 3.41. The van der Waals surface area contributed by atoms with Gasteiger partial charge in [-0.15, -0.1) is 0 Å². The maximum Gasteiger partial charge on any atom is 0.253 e. The molecule has 1 aromatic heterocycles. The Bertz CT molecular complexity index is 804. The van der Waals surface area contributed by atoms with Crippen molar-refractivity contribution in [3.63, 3.8) is 0 Å². The topological polar surface area (TPSA) is 54.1 Å². The minimum Gasteiger partial charge on any atom is -0.497 e. The molecule has 4 heteroatoms. The number of hydrogen-bond acceptors (Lipinski definition) is 2. The van der Waals surface area contributed by atoms with Crippen LogP contribution in [0.15, 0.2) is 48.7 Å². The molecule has 0 saturated heterocycles. The number of aryl methyl sites for hydroxylation is 1.